The van der Waals surface area contributed by atoms with Crippen molar-refractivity contribution in [2.45, 2.75) is 12.5 Å². The molecule has 0 spiro atoms. The summed E-state index contributed by atoms with van der Waals surface area (Å²) in [6, 6.07) is 3.89. The molecular formula is C15H17BrN2O3. The predicted molar refractivity (Wildman–Crippen MR) is 83.3 cm³/mol. The number of carbonyl (C=O) groups is 1. The van der Waals surface area contributed by atoms with E-state index in [0.717, 1.165) is 28.8 Å². The van der Waals surface area contributed by atoms with E-state index in [4.69, 9.17) is 15.2 Å². The molecule has 112 valence electrons. The topological polar surface area (TPSA) is 64.8 Å². The number of amides is 1. The summed E-state index contributed by atoms with van der Waals surface area (Å²) in [4.78, 5) is 13.8. The van der Waals surface area contributed by atoms with Gasteiger partial charge in [-0.2, -0.15) is 0 Å². The number of halogens is 1. The highest BCUT2D eigenvalue weighted by Crippen LogP contribution is 2.38. The lowest BCUT2D eigenvalue weighted by Gasteiger charge is -2.20. The molecule has 5 nitrogen and oxygen atoms in total. The van der Waals surface area contributed by atoms with Crippen molar-refractivity contribution in [2.75, 3.05) is 26.3 Å². The van der Waals surface area contributed by atoms with E-state index in [0.29, 0.717) is 25.5 Å². The first-order chi connectivity index (χ1) is 10.1. The van der Waals surface area contributed by atoms with Crippen LogP contribution >= 0.6 is 15.9 Å². The molecule has 1 amide bonds. The number of likely N-dealkylation sites (tertiary alicyclic amines) is 1. The van der Waals surface area contributed by atoms with Crippen molar-refractivity contribution in [3.05, 3.63) is 28.2 Å². The maximum Gasteiger partial charge on any atom is 0.246 e. The van der Waals surface area contributed by atoms with E-state index in [1.807, 2.05) is 12.1 Å². The summed E-state index contributed by atoms with van der Waals surface area (Å²) < 4.78 is 11.9. The van der Waals surface area contributed by atoms with Gasteiger partial charge in [0, 0.05) is 25.2 Å². The molecule has 1 fully saturated rings. The number of hydrogen-bond acceptors (Lipinski definition) is 4. The van der Waals surface area contributed by atoms with Gasteiger partial charge in [0.05, 0.1) is 4.47 Å². The van der Waals surface area contributed by atoms with Gasteiger partial charge >= 0.3 is 0 Å². The van der Waals surface area contributed by atoms with Crippen molar-refractivity contribution >= 4 is 27.9 Å². The van der Waals surface area contributed by atoms with Crippen LogP contribution in [-0.4, -0.2) is 43.2 Å². The molecule has 0 aromatic heterocycles. The van der Waals surface area contributed by atoms with Crippen LogP contribution in [0, 0.1) is 0 Å². The first-order valence-corrected chi connectivity index (χ1v) is 7.74. The Labute approximate surface area is 131 Å². The molecule has 2 heterocycles. The Bertz CT molecular complexity index is 589. The Balaban J connectivity index is 1.74. The summed E-state index contributed by atoms with van der Waals surface area (Å²) in [5.41, 5.74) is 6.70. The minimum atomic E-state index is -0.00559. The fourth-order valence-electron chi connectivity index (χ4n) is 2.49. The zero-order valence-electron chi connectivity index (χ0n) is 11.5. The van der Waals surface area contributed by atoms with Crippen molar-refractivity contribution in [1.82, 2.24) is 4.90 Å². The molecule has 3 rings (SSSR count). The van der Waals surface area contributed by atoms with Gasteiger partial charge in [0.25, 0.3) is 0 Å². The van der Waals surface area contributed by atoms with Gasteiger partial charge in [0.2, 0.25) is 5.91 Å². The van der Waals surface area contributed by atoms with Gasteiger partial charge in [0.1, 0.15) is 13.2 Å². The Morgan fingerprint density at radius 1 is 1.38 bits per heavy atom. The second-order valence-corrected chi connectivity index (χ2v) is 6.05. The molecule has 1 saturated heterocycles. The third-order valence-electron chi connectivity index (χ3n) is 3.57. The summed E-state index contributed by atoms with van der Waals surface area (Å²) >= 11 is 3.46. The number of rotatable bonds is 2. The second kappa shape index (κ2) is 6.07. The van der Waals surface area contributed by atoms with Gasteiger partial charge in [0.15, 0.2) is 11.5 Å². The normalized spacial score (nSPS) is 21.0. The Hall–Kier alpha value is -1.53. The molecule has 2 aliphatic heterocycles. The summed E-state index contributed by atoms with van der Waals surface area (Å²) in [5.74, 6) is 1.41. The maximum atomic E-state index is 12.1. The quantitative estimate of drug-likeness (QED) is 0.824. The van der Waals surface area contributed by atoms with Gasteiger partial charge in [-0.15, -0.1) is 0 Å². The summed E-state index contributed by atoms with van der Waals surface area (Å²) in [7, 11) is 0. The van der Waals surface area contributed by atoms with Gasteiger partial charge in [-0.25, -0.2) is 0 Å². The average Bonchev–Trinajstić information content (AvgIpc) is 2.91. The number of nitrogens with two attached hydrogens (primary N) is 1. The summed E-state index contributed by atoms with van der Waals surface area (Å²) in [5, 5.41) is 0. The van der Waals surface area contributed by atoms with Crippen molar-refractivity contribution in [3.63, 3.8) is 0 Å². The molecule has 1 aromatic rings. The highest BCUT2D eigenvalue weighted by Gasteiger charge is 2.22. The van der Waals surface area contributed by atoms with Crippen LogP contribution in [0.3, 0.4) is 0 Å². The van der Waals surface area contributed by atoms with Gasteiger partial charge in [-0.3, -0.25) is 4.79 Å². The average molecular weight is 353 g/mol. The van der Waals surface area contributed by atoms with Crippen molar-refractivity contribution in [3.8, 4) is 11.5 Å². The van der Waals surface area contributed by atoms with Crippen molar-refractivity contribution in [1.29, 1.82) is 0 Å². The van der Waals surface area contributed by atoms with E-state index in [9.17, 15) is 4.79 Å². The SMILES string of the molecule is N[C@@H]1CCN(C(=O)C=Cc2cc(Br)c3c(c2)OCCO3)C1. The minimum Gasteiger partial charge on any atom is -0.486 e. The van der Waals surface area contributed by atoms with Crippen LogP contribution in [0.15, 0.2) is 22.7 Å². The standard InChI is InChI=1S/C15H17BrN2O3/c16-12-7-10(8-13-15(12)21-6-5-20-13)1-2-14(19)18-4-3-11(17)9-18/h1-2,7-8,11H,3-6,9,17H2/t11-/m1/s1. The van der Waals surface area contributed by atoms with Crippen LogP contribution < -0.4 is 15.2 Å². The van der Waals surface area contributed by atoms with Gasteiger partial charge in [-0.05, 0) is 46.1 Å². The number of fused-ring (bicyclic) bond motifs is 1. The fraction of sp³-hybridized carbons (Fsp3) is 0.400. The monoisotopic (exact) mass is 352 g/mol. The molecule has 0 saturated carbocycles. The molecule has 0 bridgehead atoms. The Morgan fingerprint density at radius 2 is 2.19 bits per heavy atom. The van der Waals surface area contributed by atoms with E-state index in [2.05, 4.69) is 15.9 Å². The first-order valence-electron chi connectivity index (χ1n) is 6.95. The summed E-state index contributed by atoms with van der Waals surface area (Å²) in [6.45, 7) is 2.45. The number of ether oxygens (including phenoxy) is 2. The molecule has 6 heteroatoms. The number of benzene rings is 1. The lowest BCUT2D eigenvalue weighted by atomic mass is 10.1. The van der Waals surface area contributed by atoms with Crippen LogP contribution in [0.25, 0.3) is 6.08 Å². The Kier molecular flexibility index (Phi) is 4.17. The fourth-order valence-corrected chi connectivity index (χ4v) is 3.06. The first kappa shape index (κ1) is 14.4. The molecule has 1 aromatic carbocycles. The van der Waals surface area contributed by atoms with Crippen molar-refractivity contribution < 1.29 is 14.3 Å². The van der Waals surface area contributed by atoms with E-state index in [-0.39, 0.29) is 11.9 Å². The second-order valence-electron chi connectivity index (χ2n) is 5.19. The highest BCUT2D eigenvalue weighted by atomic mass is 79.9. The molecule has 0 radical (unpaired) electrons. The van der Waals surface area contributed by atoms with E-state index in [1.165, 1.54) is 0 Å². The van der Waals surface area contributed by atoms with E-state index in [1.54, 1.807) is 17.1 Å². The number of nitrogens with zero attached hydrogens (tertiary/aromatic N) is 1. The molecule has 21 heavy (non-hydrogen) atoms. The van der Waals surface area contributed by atoms with Crippen LogP contribution in [0.5, 0.6) is 11.5 Å². The van der Waals surface area contributed by atoms with Crippen molar-refractivity contribution in [2.24, 2.45) is 5.73 Å². The van der Waals surface area contributed by atoms with Gasteiger partial charge < -0.3 is 20.1 Å². The number of hydrogen-bond donors (Lipinski definition) is 1. The molecule has 0 aliphatic carbocycles. The highest BCUT2D eigenvalue weighted by molar-refractivity contribution is 9.10. The van der Waals surface area contributed by atoms with E-state index >= 15 is 0 Å². The smallest absolute Gasteiger partial charge is 0.246 e. The minimum absolute atomic E-state index is 0.00559. The van der Waals surface area contributed by atoms with Gasteiger partial charge in [-0.1, -0.05) is 0 Å². The lowest BCUT2D eigenvalue weighted by Crippen LogP contribution is -2.30. The molecule has 2 N–H and O–H groups in total. The van der Waals surface area contributed by atoms with Crippen LogP contribution in [0.1, 0.15) is 12.0 Å². The maximum absolute atomic E-state index is 12.1. The lowest BCUT2D eigenvalue weighted by molar-refractivity contribution is -0.124. The largest absolute Gasteiger partial charge is 0.486 e. The van der Waals surface area contributed by atoms with Crippen LogP contribution in [0.2, 0.25) is 0 Å². The zero-order chi connectivity index (χ0) is 14.8. The zero-order valence-corrected chi connectivity index (χ0v) is 13.1. The molecule has 1 atom stereocenters. The third-order valence-corrected chi connectivity index (χ3v) is 4.16. The predicted octanol–water partition coefficient (Wildman–Crippen LogP) is 1.79. The number of carbonyl (C=O) groups excluding carboxylic acids is 1. The molecule has 2 aliphatic rings. The summed E-state index contributed by atoms with van der Waals surface area (Å²) in [6.07, 6.45) is 4.24. The molecular weight excluding hydrogens is 336 g/mol. The third kappa shape index (κ3) is 3.22. The van der Waals surface area contributed by atoms with Crippen LogP contribution in [0.4, 0.5) is 0 Å². The van der Waals surface area contributed by atoms with Crippen LogP contribution in [-0.2, 0) is 4.79 Å². The molecule has 0 unspecified atom stereocenters. The Morgan fingerprint density at radius 3 is 2.95 bits per heavy atom. The van der Waals surface area contributed by atoms with E-state index < -0.39 is 0 Å².